The number of nitrogens with zero attached hydrogens (tertiary/aromatic N) is 2. The predicted molar refractivity (Wildman–Crippen MR) is 67.3 cm³/mol. The minimum Gasteiger partial charge on any atom is -0.496 e. The number of hydrogen-bond donors (Lipinski definition) is 1. The third kappa shape index (κ3) is 2.65. The number of halogens is 1. The summed E-state index contributed by atoms with van der Waals surface area (Å²) in [4.78, 5) is 0. The molecule has 88 valence electrons. The number of nitrogen functional groups attached to an aromatic ring is 1. The smallest absolute Gasteiger partial charge is 0.164 e. The Morgan fingerprint density at radius 2 is 2.06 bits per heavy atom. The molecule has 17 heavy (non-hydrogen) atoms. The SMILES string of the molecule is COc1ccccc1Cc1cc(Cl)c(N)nn1. The standard InChI is InChI=1S/C12H12ClN3O/c1-17-11-5-3-2-4-8(11)6-9-7-10(13)12(14)16-15-9/h2-5,7H,6H2,1H3,(H2,14,16). The summed E-state index contributed by atoms with van der Waals surface area (Å²) in [6.07, 6.45) is 0.608. The first-order valence-corrected chi connectivity index (χ1v) is 5.48. The van der Waals surface area contributed by atoms with Crippen molar-refractivity contribution < 1.29 is 4.74 Å². The summed E-state index contributed by atoms with van der Waals surface area (Å²) in [7, 11) is 1.64. The van der Waals surface area contributed by atoms with E-state index in [1.165, 1.54) is 0 Å². The van der Waals surface area contributed by atoms with E-state index >= 15 is 0 Å². The molecular weight excluding hydrogens is 238 g/mol. The van der Waals surface area contributed by atoms with E-state index in [0.29, 0.717) is 11.4 Å². The molecule has 0 aliphatic heterocycles. The molecule has 0 bridgehead atoms. The molecule has 0 fully saturated rings. The second-order valence-corrected chi connectivity index (χ2v) is 3.96. The largest absolute Gasteiger partial charge is 0.496 e. The quantitative estimate of drug-likeness (QED) is 0.907. The van der Waals surface area contributed by atoms with E-state index in [2.05, 4.69) is 10.2 Å². The summed E-state index contributed by atoms with van der Waals surface area (Å²) < 4.78 is 5.27. The van der Waals surface area contributed by atoms with Crippen molar-refractivity contribution in [3.8, 4) is 5.75 Å². The maximum Gasteiger partial charge on any atom is 0.164 e. The van der Waals surface area contributed by atoms with Gasteiger partial charge >= 0.3 is 0 Å². The Hall–Kier alpha value is -1.81. The number of aromatic nitrogens is 2. The van der Waals surface area contributed by atoms with Crippen molar-refractivity contribution >= 4 is 17.4 Å². The maximum atomic E-state index is 5.89. The number of hydrogen-bond acceptors (Lipinski definition) is 4. The van der Waals surface area contributed by atoms with E-state index in [-0.39, 0.29) is 5.82 Å². The van der Waals surface area contributed by atoms with E-state index in [1.807, 2.05) is 24.3 Å². The first kappa shape index (κ1) is 11.7. The van der Waals surface area contributed by atoms with Gasteiger partial charge in [-0.25, -0.2) is 0 Å². The summed E-state index contributed by atoms with van der Waals surface area (Å²) in [5, 5.41) is 8.20. The zero-order valence-corrected chi connectivity index (χ0v) is 10.1. The predicted octanol–water partition coefficient (Wildman–Crippen LogP) is 2.31. The molecule has 2 rings (SSSR count). The van der Waals surface area contributed by atoms with Crippen molar-refractivity contribution in [3.05, 3.63) is 46.6 Å². The fourth-order valence-electron chi connectivity index (χ4n) is 1.55. The first-order valence-electron chi connectivity index (χ1n) is 5.10. The molecule has 5 heteroatoms. The number of benzene rings is 1. The highest BCUT2D eigenvalue weighted by Gasteiger charge is 2.06. The van der Waals surface area contributed by atoms with Crippen molar-refractivity contribution in [2.24, 2.45) is 0 Å². The van der Waals surface area contributed by atoms with Crippen molar-refractivity contribution in [1.29, 1.82) is 0 Å². The Morgan fingerprint density at radius 3 is 2.76 bits per heavy atom. The number of nitrogens with two attached hydrogens (primary N) is 1. The van der Waals surface area contributed by atoms with Gasteiger partial charge in [-0.15, -0.1) is 5.10 Å². The zero-order valence-electron chi connectivity index (χ0n) is 9.35. The Kier molecular flexibility index (Phi) is 3.44. The Bertz CT molecular complexity index is 531. The lowest BCUT2D eigenvalue weighted by Gasteiger charge is -2.07. The Labute approximate surface area is 104 Å². The lowest BCUT2D eigenvalue weighted by atomic mass is 10.1. The molecule has 0 atom stereocenters. The zero-order chi connectivity index (χ0) is 12.3. The van der Waals surface area contributed by atoms with Crippen LogP contribution in [0.25, 0.3) is 0 Å². The average Bonchev–Trinajstić information content (AvgIpc) is 2.34. The first-order chi connectivity index (χ1) is 8.20. The van der Waals surface area contributed by atoms with Crippen LogP contribution in [0.2, 0.25) is 5.02 Å². The van der Waals surface area contributed by atoms with Gasteiger partial charge in [0.05, 0.1) is 17.8 Å². The molecule has 0 aliphatic rings. The average molecular weight is 250 g/mol. The van der Waals surface area contributed by atoms with E-state index in [4.69, 9.17) is 22.1 Å². The van der Waals surface area contributed by atoms with Crippen LogP contribution in [0.1, 0.15) is 11.3 Å². The van der Waals surface area contributed by atoms with Crippen LogP contribution in [-0.4, -0.2) is 17.3 Å². The van der Waals surface area contributed by atoms with Gasteiger partial charge < -0.3 is 10.5 Å². The van der Waals surface area contributed by atoms with Gasteiger partial charge in [0.25, 0.3) is 0 Å². The number of ether oxygens (including phenoxy) is 1. The highest BCUT2D eigenvalue weighted by atomic mass is 35.5. The van der Waals surface area contributed by atoms with Gasteiger partial charge in [-0.3, -0.25) is 0 Å². The minimum absolute atomic E-state index is 0.246. The molecule has 1 aromatic heterocycles. The normalized spacial score (nSPS) is 10.2. The highest BCUT2D eigenvalue weighted by molar-refractivity contribution is 6.32. The van der Waals surface area contributed by atoms with Crippen LogP contribution in [0.3, 0.4) is 0 Å². The van der Waals surface area contributed by atoms with E-state index in [1.54, 1.807) is 13.2 Å². The van der Waals surface area contributed by atoms with Crippen LogP contribution in [-0.2, 0) is 6.42 Å². The summed E-state index contributed by atoms with van der Waals surface area (Å²) in [5.41, 5.74) is 7.30. The maximum absolute atomic E-state index is 5.89. The lowest BCUT2D eigenvalue weighted by Crippen LogP contribution is -2.00. The summed E-state index contributed by atoms with van der Waals surface area (Å²) >= 11 is 5.89. The van der Waals surface area contributed by atoms with Crippen molar-refractivity contribution in [1.82, 2.24) is 10.2 Å². The summed E-state index contributed by atoms with van der Waals surface area (Å²) in [5.74, 6) is 1.07. The van der Waals surface area contributed by atoms with Gasteiger partial charge in [-0.1, -0.05) is 29.8 Å². The third-order valence-corrected chi connectivity index (χ3v) is 2.69. The molecule has 0 spiro atoms. The number of para-hydroxylation sites is 1. The molecule has 0 amide bonds. The molecule has 2 aromatic rings. The number of rotatable bonds is 3. The number of anilines is 1. The van der Waals surface area contributed by atoms with Crippen LogP contribution in [0, 0.1) is 0 Å². The Morgan fingerprint density at radius 1 is 1.29 bits per heavy atom. The fraction of sp³-hybridized carbons (Fsp3) is 0.167. The molecule has 0 saturated carbocycles. The van der Waals surface area contributed by atoms with Crippen LogP contribution in [0.15, 0.2) is 30.3 Å². The molecule has 0 saturated heterocycles. The van der Waals surface area contributed by atoms with Crippen LogP contribution in [0.5, 0.6) is 5.75 Å². The molecular formula is C12H12ClN3O. The van der Waals surface area contributed by atoms with Crippen LogP contribution < -0.4 is 10.5 Å². The monoisotopic (exact) mass is 249 g/mol. The van der Waals surface area contributed by atoms with Crippen molar-refractivity contribution in [2.45, 2.75) is 6.42 Å². The molecule has 1 aromatic carbocycles. The molecule has 0 aliphatic carbocycles. The van der Waals surface area contributed by atoms with Crippen molar-refractivity contribution in [3.63, 3.8) is 0 Å². The third-order valence-electron chi connectivity index (χ3n) is 2.39. The summed E-state index contributed by atoms with van der Waals surface area (Å²) in [6, 6.07) is 9.47. The molecule has 1 heterocycles. The summed E-state index contributed by atoms with van der Waals surface area (Å²) in [6.45, 7) is 0. The van der Waals surface area contributed by atoms with Gasteiger partial charge in [0.1, 0.15) is 5.75 Å². The van der Waals surface area contributed by atoms with Crippen LogP contribution >= 0.6 is 11.6 Å². The van der Waals surface area contributed by atoms with Gasteiger partial charge in [0.2, 0.25) is 0 Å². The molecule has 4 nitrogen and oxygen atoms in total. The molecule has 0 unspecified atom stereocenters. The van der Waals surface area contributed by atoms with Gasteiger partial charge in [-0.2, -0.15) is 5.10 Å². The fourth-order valence-corrected chi connectivity index (χ4v) is 1.71. The second-order valence-electron chi connectivity index (χ2n) is 3.56. The molecule has 2 N–H and O–H groups in total. The highest BCUT2D eigenvalue weighted by Crippen LogP contribution is 2.22. The van der Waals surface area contributed by atoms with Gasteiger partial charge in [0, 0.05) is 12.0 Å². The molecule has 0 radical (unpaired) electrons. The number of methoxy groups -OCH3 is 1. The lowest BCUT2D eigenvalue weighted by molar-refractivity contribution is 0.410. The van der Waals surface area contributed by atoms with E-state index < -0.39 is 0 Å². The Balaban J connectivity index is 2.28. The van der Waals surface area contributed by atoms with Gasteiger partial charge in [-0.05, 0) is 12.1 Å². The topological polar surface area (TPSA) is 61.0 Å². The van der Waals surface area contributed by atoms with Gasteiger partial charge in [0.15, 0.2) is 5.82 Å². The van der Waals surface area contributed by atoms with E-state index in [0.717, 1.165) is 17.0 Å². The van der Waals surface area contributed by atoms with E-state index in [9.17, 15) is 0 Å². The minimum atomic E-state index is 0.246. The second kappa shape index (κ2) is 5.01. The van der Waals surface area contributed by atoms with Crippen LogP contribution in [0.4, 0.5) is 5.82 Å². The van der Waals surface area contributed by atoms with Crippen molar-refractivity contribution in [2.75, 3.05) is 12.8 Å².